The molecule has 2 rings (SSSR count). The molecule has 2 aromatic rings. The van der Waals surface area contributed by atoms with Crippen LogP contribution in [0.25, 0.3) is 0 Å². The zero-order valence-corrected chi connectivity index (χ0v) is 14.4. The standard InChI is InChI=1S/C18H21N3O3/c1-18(2,12-19)14-7-5-13(6-8-14)10-21-16(11-23-3)15(9-20-21)17(22)24-4/h5-9H,10-11H2,1-4H3. The van der Waals surface area contributed by atoms with E-state index < -0.39 is 11.4 Å². The highest BCUT2D eigenvalue weighted by Crippen LogP contribution is 2.23. The van der Waals surface area contributed by atoms with Crippen LogP contribution in [0.4, 0.5) is 0 Å². The van der Waals surface area contributed by atoms with Gasteiger partial charge in [0.05, 0.1) is 43.6 Å². The second-order valence-electron chi connectivity index (χ2n) is 6.02. The van der Waals surface area contributed by atoms with Gasteiger partial charge in [0.25, 0.3) is 0 Å². The summed E-state index contributed by atoms with van der Waals surface area (Å²) in [6.07, 6.45) is 1.49. The Bertz CT molecular complexity index is 755. The molecule has 0 saturated heterocycles. The predicted molar refractivity (Wildman–Crippen MR) is 88.5 cm³/mol. The molecule has 126 valence electrons. The number of nitrogens with zero attached hydrogens (tertiary/aromatic N) is 3. The molecule has 0 aliphatic heterocycles. The fraction of sp³-hybridized carbons (Fsp3) is 0.389. The topological polar surface area (TPSA) is 77.1 Å². The highest BCUT2D eigenvalue weighted by atomic mass is 16.5. The Labute approximate surface area is 141 Å². The summed E-state index contributed by atoms with van der Waals surface area (Å²) in [6.45, 7) is 4.54. The SMILES string of the molecule is COCc1c(C(=O)OC)cnn1Cc1ccc(C(C)(C)C#N)cc1. The van der Waals surface area contributed by atoms with E-state index >= 15 is 0 Å². The first-order valence-corrected chi connectivity index (χ1v) is 7.55. The predicted octanol–water partition coefficient (Wildman–Crippen LogP) is 2.67. The Hall–Kier alpha value is -2.65. The third kappa shape index (κ3) is 3.63. The van der Waals surface area contributed by atoms with Gasteiger partial charge in [-0.05, 0) is 25.0 Å². The first-order valence-electron chi connectivity index (χ1n) is 7.55. The van der Waals surface area contributed by atoms with Gasteiger partial charge in [0.1, 0.15) is 5.56 Å². The minimum absolute atomic E-state index is 0.268. The summed E-state index contributed by atoms with van der Waals surface area (Å²) in [4.78, 5) is 11.8. The van der Waals surface area contributed by atoms with Gasteiger partial charge in [0, 0.05) is 7.11 Å². The number of carbonyl (C=O) groups excluding carboxylic acids is 1. The lowest BCUT2D eigenvalue weighted by molar-refractivity contribution is 0.0595. The van der Waals surface area contributed by atoms with Gasteiger partial charge in [-0.15, -0.1) is 0 Å². The number of aromatic nitrogens is 2. The lowest BCUT2D eigenvalue weighted by atomic mass is 9.86. The molecule has 24 heavy (non-hydrogen) atoms. The molecule has 1 aromatic heterocycles. The third-order valence-electron chi connectivity index (χ3n) is 3.92. The molecule has 0 amide bonds. The Morgan fingerprint density at radius 3 is 2.50 bits per heavy atom. The molecule has 0 aliphatic carbocycles. The first-order chi connectivity index (χ1) is 11.4. The number of esters is 1. The maximum atomic E-state index is 11.8. The van der Waals surface area contributed by atoms with Crippen molar-refractivity contribution >= 4 is 5.97 Å². The lowest BCUT2D eigenvalue weighted by Gasteiger charge is -2.16. The highest BCUT2D eigenvalue weighted by Gasteiger charge is 2.20. The molecule has 0 aliphatic rings. The summed E-state index contributed by atoms with van der Waals surface area (Å²) in [7, 11) is 2.91. The third-order valence-corrected chi connectivity index (χ3v) is 3.92. The fourth-order valence-electron chi connectivity index (χ4n) is 2.38. The minimum Gasteiger partial charge on any atom is -0.465 e. The van der Waals surface area contributed by atoms with E-state index in [4.69, 9.17) is 9.47 Å². The fourth-order valence-corrected chi connectivity index (χ4v) is 2.38. The summed E-state index contributed by atoms with van der Waals surface area (Å²) < 4.78 is 11.7. The maximum Gasteiger partial charge on any atom is 0.341 e. The van der Waals surface area contributed by atoms with Crippen molar-refractivity contribution in [3.05, 3.63) is 52.8 Å². The average molecular weight is 327 g/mol. The smallest absolute Gasteiger partial charge is 0.341 e. The van der Waals surface area contributed by atoms with Crippen LogP contribution < -0.4 is 0 Å². The van der Waals surface area contributed by atoms with Gasteiger partial charge in [-0.3, -0.25) is 4.68 Å². The van der Waals surface area contributed by atoms with Gasteiger partial charge in [0.15, 0.2) is 0 Å². The van der Waals surface area contributed by atoms with Crippen molar-refractivity contribution in [1.82, 2.24) is 9.78 Å². The molecule has 0 N–H and O–H groups in total. The van der Waals surface area contributed by atoms with Crippen molar-refractivity contribution in [3.8, 4) is 6.07 Å². The van der Waals surface area contributed by atoms with Crippen LogP contribution in [-0.4, -0.2) is 30.0 Å². The molecule has 0 radical (unpaired) electrons. The number of rotatable bonds is 6. The number of ether oxygens (including phenoxy) is 2. The van der Waals surface area contributed by atoms with Crippen LogP contribution in [-0.2, 0) is 28.0 Å². The normalized spacial score (nSPS) is 11.1. The summed E-state index contributed by atoms with van der Waals surface area (Å²) in [5, 5.41) is 13.5. The number of benzene rings is 1. The Kier molecular flexibility index (Phi) is 5.37. The number of hydrogen-bond donors (Lipinski definition) is 0. The van der Waals surface area contributed by atoms with Crippen molar-refractivity contribution in [2.75, 3.05) is 14.2 Å². The summed E-state index contributed by atoms with van der Waals surface area (Å²) in [5.41, 5.74) is 2.53. The molecular weight excluding hydrogens is 306 g/mol. The van der Waals surface area contributed by atoms with Gasteiger partial charge in [0.2, 0.25) is 0 Å². The molecular formula is C18H21N3O3. The van der Waals surface area contributed by atoms with Crippen molar-refractivity contribution in [3.63, 3.8) is 0 Å². The van der Waals surface area contributed by atoms with Crippen LogP contribution in [0, 0.1) is 11.3 Å². The van der Waals surface area contributed by atoms with Crippen LogP contribution in [0.1, 0.15) is 41.0 Å². The molecule has 0 spiro atoms. The van der Waals surface area contributed by atoms with Gasteiger partial charge >= 0.3 is 5.97 Å². The average Bonchev–Trinajstić information content (AvgIpc) is 2.97. The second kappa shape index (κ2) is 7.28. The van der Waals surface area contributed by atoms with Gasteiger partial charge in [-0.25, -0.2) is 4.79 Å². The molecule has 6 heteroatoms. The molecule has 0 fully saturated rings. The molecule has 0 saturated carbocycles. The number of carbonyl (C=O) groups is 1. The van der Waals surface area contributed by atoms with E-state index in [1.54, 1.807) is 11.8 Å². The quantitative estimate of drug-likeness (QED) is 0.762. The van der Waals surface area contributed by atoms with Crippen molar-refractivity contribution < 1.29 is 14.3 Å². The largest absolute Gasteiger partial charge is 0.465 e. The van der Waals surface area contributed by atoms with Crippen LogP contribution in [0.2, 0.25) is 0 Å². The van der Waals surface area contributed by atoms with E-state index in [0.717, 1.165) is 11.1 Å². The van der Waals surface area contributed by atoms with E-state index in [2.05, 4.69) is 11.2 Å². The second-order valence-corrected chi connectivity index (χ2v) is 6.02. The molecule has 0 atom stereocenters. The van der Waals surface area contributed by atoms with Crippen LogP contribution in [0.3, 0.4) is 0 Å². The zero-order chi connectivity index (χ0) is 17.7. The number of hydrogen-bond acceptors (Lipinski definition) is 5. The van der Waals surface area contributed by atoms with E-state index in [1.165, 1.54) is 13.3 Å². The highest BCUT2D eigenvalue weighted by molar-refractivity contribution is 5.90. The van der Waals surface area contributed by atoms with Gasteiger partial charge < -0.3 is 9.47 Å². The maximum absolute atomic E-state index is 11.8. The van der Waals surface area contributed by atoms with Crippen molar-refractivity contribution in [2.45, 2.75) is 32.4 Å². The summed E-state index contributed by atoms with van der Waals surface area (Å²) >= 11 is 0. The van der Waals surface area contributed by atoms with E-state index in [-0.39, 0.29) is 6.61 Å². The summed E-state index contributed by atoms with van der Waals surface area (Å²) in [6, 6.07) is 10.1. The molecule has 6 nitrogen and oxygen atoms in total. The molecule has 0 unspecified atom stereocenters. The number of nitriles is 1. The molecule has 0 bridgehead atoms. The minimum atomic E-state index is -0.524. The Balaban J connectivity index is 2.27. The van der Waals surface area contributed by atoms with E-state index in [1.807, 2.05) is 38.1 Å². The monoisotopic (exact) mass is 327 g/mol. The van der Waals surface area contributed by atoms with Crippen LogP contribution in [0.5, 0.6) is 0 Å². The Morgan fingerprint density at radius 1 is 1.29 bits per heavy atom. The summed E-state index contributed by atoms with van der Waals surface area (Å²) in [5.74, 6) is -0.431. The van der Waals surface area contributed by atoms with Crippen LogP contribution >= 0.6 is 0 Å². The number of methoxy groups -OCH3 is 2. The lowest BCUT2D eigenvalue weighted by Crippen LogP contribution is -2.14. The van der Waals surface area contributed by atoms with Gasteiger partial charge in [-0.1, -0.05) is 24.3 Å². The van der Waals surface area contributed by atoms with Crippen molar-refractivity contribution in [2.24, 2.45) is 0 Å². The first kappa shape index (κ1) is 17.7. The Morgan fingerprint density at radius 2 is 1.96 bits per heavy atom. The van der Waals surface area contributed by atoms with Crippen LogP contribution in [0.15, 0.2) is 30.5 Å². The van der Waals surface area contributed by atoms with Crippen molar-refractivity contribution in [1.29, 1.82) is 5.26 Å². The zero-order valence-electron chi connectivity index (χ0n) is 14.4. The molecule has 1 aromatic carbocycles. The van der Waals surface area contributed by atoms with E-state index in [9.17, 15) is 10.1 Å². The molecule has 1 heterocycles. The van der Waals surface area contributed by atoms with Gasteiger partial charge in [-0.2, -0.15) is 10.4 Å². The van der Waals surface area contributed by atoms with E-state index in [0.29, 0.717) is 17.8 Å².